The first-order valence-electron chi connectivity index (χ1n) is 8.38. The molecule has 1 saturated heterocycles. The third-order valence-corrected chi connectivity index (χ3v) is 5.15. The van der Waals surface area contributed by atoms with Crippen LogP contribution in [-0.4, -0.2) is 40.9 Å². The maximum Gasteiger partial charge on any atom is 0.341 e. The highest BCUT2D eigenvalue weighted by molar-refractivity contribution is 5.88. The number of nitrogens with zero attached hydrogens (tertiary/aromatic N) is 4. The van der Waals surface area contributed by atoms with Crippen molar-refractivity contribution in [1.82, 2.24) is 14.8 Å². The molecule has 2 fully saturated rings. The smallest absolute Gasteiger partial charge is 0.341 e. The van der Waals surface area contributed by atoms with E-state index in [2.05, 4.69) is 23.0 Å². The van der Waals surface area contributed by atoms with Gasteiger partial charge in [0.05, 0.1) is 25.4 Å². The zero-order chi connectivity index (χ0) is 16.8. The van der Waals surface area contributed by atoms with E-state index in [1.165, 1.54) is 25.3 Å². The maximum atomic E-state index is 11.5. The summed E-state index contributed by atoms with van der Waals surface area (Å²) in [6, 6.07) is 2.20. The highest BCUT2D eigenvalue weighted by Crippen LogP contribution is 2.46. The van der Waals surface area contributed by atoms with Gasteiger partial charge in [0.25, 0.3) is 0 Å². The highest BCUT2D eigenvalue weighted by atomic mass is 16.5. The third-order valence-electron chi connectivity index (χ3n) is 5.15. The second-order valence-electron chi connectivity index (χ2n) is 6.95. The molecule has 6 heteroatoms. The van der Waals surface area contributed by atoms with E-state index in [-0.39, 0.29) is 5.97 Å². The number of carbonyl (C=O) groups excluding carboxylic acids is 1. The van der Waals surface area contributed by atoms with E-state index in [0.717, 1.165) is 42.0 Å². The molecule has 3 heterocycles. The van der Waals surface area contributed by atoms with Crippen LogP contribution in [0.5, 0.6) is 0 Å². The lowest BCUT2D eigenvalue weighted by atomic mass is 10.1. The summed E-state index contributed by atoms with van der Waals surface area (Å²) in [5.74, 6) is 2.55. The molecule has 1 aliphatic carbocycles. The fourth-order valence-electron chi connectivity index (χ4n) is 3.65. The molecule has 6 nitrogen and oxygen atoms in total. The van der Waals surface area contributed by atoms with Crippen LogP contribution in [0.3, 0.4) is 0 Å². The second-order valence-corrected chi connectivity index (χ2v) is 6.95. The fraction of sp³-hybridized carbons (Fsp3) is 0.500. The van der Waals surface area contributed by atoms with Crippen molar-refractivity contribution in [3.05, 3.63) is 40.8 Å². The Hall–Kier alpha value is -2.37. The number of aromatic nitrogens is 3. The van der Waals surface area contributed by atoms with Gasteiger partial charge in [0.1, 0.15) is 5.82 Å². The van der Waals surface area contributed by atoms with Crippen molar-refractivity contribution in [3.8, 4) is 0 Å². The fourth-order valence-corrected chi connectivity index (χ4v) is 3.65. The minimum atomic E-state index is -0.366. The van der Waals surface area contributed by atoms with Crippen LogP contribution in [-0.2, 0) is 11.3 Å². The van der Waals surface area contributed by atoms with Gasteiger partial charge in [0.15, 0.2) is 0 Å². The van der Waals surface area contributed by atoms with E-state index in [1.54, 1.807) is 10.9 Å². The molecule has 1 saturated carbocycles. The molecule has 0 N–H and O–H groups in total. The van der Waals surface area contributed by atoms with Crippen molar-refractivity contribution in [3.63, 3.8) is 0 Å². The molecular formula is C18H22N4O2. The van der Waals surface area contributed by atoms with Gasteiger partial charge in [-0.15, -0.1) is 0 Å². The first-order chi connectivity index (χ1) is 11.5. The van der Waals surface area contributed by atoms with Crippen molar-refractivity contribution < 1.29 is 9.53 Å². The zero-order valence-corrected chi connectivity index (χ0v) is 14.3. The minimum absolute atomic E-state index is 0.366. The molecule has 0 bridgehead atoms. The number of aryl methyl sites for hydroxylation is 2. The third kappa shape index (κ3) is 2.66. The Morgan fingerprint density at radius 2 is 2.08 bits per heavy atom. The number of hydrogen-bond donors (Lipinski definition) is 0. The first-order valence-corrected chi connectivity index (χ1v) is 8.38. The normalized spacial score (nSPS) is 21.7. The number of esters is 1. The molecular weight excluding hydrogens is 304 g/mol. The van der Waals surface area contributed by atoms with Gasteiger partial charge in [-0.3, -0.25) is 4.68 Å². The average Bonchev–Trinajstić information content (AvgIpc) is 2.98. The van der Waals surface area contributed by atoms with Gasteiger partial charge < -0.3 is 9.64 Å². The molecule has 2 aromatic rings. The first kappa shape index (κ1) is 15.2. The predicted octanol–water partition coefficient (Wildman–Crippen LogP) is 2.19. The molecule has 126 valence electrons. The van der Waals surface area contributed by atoms with Crippen LogP contribution < -0.4 is 4.90 Å². The summed E-state index contributed by atoms with van der Waals surface area (Å²) in [6.45, 7) is 7.07. The van der Waals surface area contributed by atoms with Gasteiger partial charge in [0.2, 0.25) is 0 Å². The minimum Gasteiger partial charge on any atom is -0.465 e. The molecule has 24 heavy (non-hydrogen) atoms. The van der Waals surface area contributed by atoms with E-state index in [1.807, 2.05) is 6.92 Å². The number of methoxy groups -OCH3 is 1. The number of carbonyl (C=O) groups is 1. The Kier molecular flexibility index (Phi) is 3.55. The largest absolute Gasteiger partial charge is 0.465 e. The predicted molar refractivity (Wildman–Crippen MR) is 90.2 cm³/mol. The summed E-state index contributed by atoms with van der Waals surface area (Å²) in [6.07, 6.45) is 4.64. The van der Waals surface area contributed by atoms with Crippen molar-refractivity contribution in [2.75, 3.05) is 25.1 Å². The van der Waals surface area contributed by atoms with Crippen LogP contribution in [0.1, 0.15) is 33.6 Å². The number of rotatable bonds is 4. The van der Waals surface area contributed by atoms with Gasteiger partial charge >= 0.3 is 5.97 Å². The van der Waals surface area contributed by atoms with Crippen molar-refractivity contribution in [2.24, 2.45) is 11.8 Å². The van der Waals surface area contributed by atoms with E-state index in [0.29, 0.717) is 12.1 Å². The van der Waals surface area contributed by atoms with Gasteiger partial charge in [-0.1, -0.05) is 0 Å². The summed E-state index contributed by atoms with van der Waals surface area (Å²) < 4.78 is 6.47. The summed E-state index contributed by atoms with van der Waals surface area (Å²) >= 11 is 0. The second kappa shape index (κ2) is 5.61. The Morgan fingerprint density at radius 1 is 1.33 bits per heavy atom. The highest BCUT2D eigenvalue weighted by Gasteiger charge is 2.45. The lowest BCUT2D eigenvalue weighted by Crippen LogP contribution is -2.24. The zero-order valence-electron chi connectivity index (χ0n) is 14.3. The number of pyridine rings is 1. The summed E-state index contributed by atoms with van der Waals surface area (Å²) in [5.41, 5.74) is 3.82. The number of piperidine rings is 1. The molecule has 1 aliphatic heterocycles. The van der Waals surface area contributed by atoms with Crippen LogP contribution in [0.25, 0.3) is 0 Å². The molecule has 0 aromatic carbocycles. The average molecular weight is 326 g/mol. The number of anilines is 1. The van der Waals surface area contributed by atoms with Crippen LogP contribution in [0.4, 0.5) is 5.82 Å². The van der Waals surface area contributed by atoms with Gasteiger partial charge in [-0.2, -0.15) is 5.10 Å². The molecule has 0 amide bonds. The molecule has 0 radical (unpaired) electrons. The quantitative estimate of drug-likeness (QED) is 0.806. The molecule has 2 aromatic heterocycles. The Morgan fingerprint density at radius 3 is 2.79 bits per heavy atom. The van der Waals surface area contributed by atoms with Crippen molar-refractivity contribution in [2.45, 2.75) is 26.8 Å². The maximum absolute atomic E-state index is 11.5. The van der Waals surface area contributed by atoms with Crippen LogP contribution in [0.2, 0.25) is 0 Å². The van der Waals surface area contributed by atoms with E-state index < -0.39 is 0 Å². The molecule has 2 aliphatic rings. The Balaban J connectivity index is 1.54. The summed E-state index contributed by atoms with van der Waals surface area (Å²) in [4.78, 5) is 18.8. The van der Waals surface area contributed by atoms with Gasteiger partial charge in [-0.05, 0) is 49.3 Å². The van der Waals surface area contributed by atoms with Crippen molar-refractivity contribution >= 4 is 11.8 Å². The monoisotopic (exact) mass is 326 g/mol. The number of hydrogen-bond acceptors (Lipinski definition) is 5. The van der Waals surface area contributed by atoms with Crippen molar-refractivity contribution in [1.29, 1.82) is 0 Å². The van der Waals surface area contributed by atoms with E-state index in [9.17, 15) is 4.79 Å². The lowest BCUT2D eigenvalue weighted by molar-refractivity contribution is 0.0600. The Labute approximate surface area is 141 Å². The number of ether oxygens (including phenoxy) is 1. The molecule has 2 atom stereocenters. The summed E-state index contributed by atoms with van der Waals surface area (Å²) in [5, 5.41) is 4.24. The SMILES string of the molecule is COC(=O)c1cnn(Cc2cc(C)c(N3CC4CC4C3)nc2C)c1. The van der Waals surface area contributed by atoms with Crippen LogP contribution >= 0.6 is 0 Å². The van der Waals surface area contributed by atoms with Crippen LogP contribution in [0, 0.1) is 25.7 Å². The molecule has 0 spiro atoms. The van der Waals surface area contributed by atoms with Gasteiger partial charge in [-0.25, -0.2) is 9.78 Å². The van der Waals surface area contributed by atoms with E-state index in [4.69, 9.17) is 9.72 Å². The van der Waals surface area contributed by atoms with Gasteiger partial charge in [0, 0.05) is 25.0 Å². The molecule has 2 unspecified atom stereocenters. The summed E-state index contributed by atoms with van der Waals surface area (Å²) in [7, 11) is 1.37. The standard InChI is InChI=1S/C18H22N4O2/c1-11-4-13(9-22-10-16(6-19-22)18(23)24-3)12(2)20-17(11)21-7-14-5-15(14)8-21/h4,6,10,14-15H,5,7-9H2,1-3H3. The molecule has 4 rings (SSSR count). The topological polar surface area (TPSA) is 60.2 Å². The van der Waals surface area contributed by atoms with E-state index >= 15 is 0 Å². The van der Waals surface area contributed by atoms with Crippen LogP contribution in [0.15, 0.2) is 18.5 Å². The number of fused-ring (bicyclic) bond motifs is 1. The Bertz CT molecular complexity index is 788. The lowest BCUT2D eigenvalue weighted by Gasteiger charge is -2.22.